The van der Waals surface area contributed by atoms with Crippen LogP contribution in [0.3, 0.4) is 0 Å². The zero-order valence-electron chi connectivity index (χ0n) is 10.3. The van der Waals surface area contributed by atoms with E-state index in [1.54, 1.807) is 6.07 Å². The molecular weight excluding hydrogens is 232 g/mol. The summed E-state index contributed by atoms with van der Waals surface area (Å²) < 4.78 is 16.6. The molecule has 0 saturated carbocycles. The third-order valence-electron chi connectivity index (χ3n) is 2.76. The fourth-order valence-corrected chi connectivity index (χ4v) is 1.76. The number of rotatable bonds is 2. The lowest BCUT2D eigenvalue weighted by Gasteiger charge is -2.21. The number of hydrogen-bond acceptors (Lipinski definition) is 3. The molecule has 0 amide bonds. The smallest absolute Gasteiger partial charge is 0.124 e. The number of benzene rings is 1. The zero-order valence-corrected chi connectivity index (χ0v) is 10.3. The van der Waals surface area contributed by atoms with Crippen molar-refractivity contribution in [2.75, 3.05) is 26.4 Å². The molecule has 4 heteroatoms. The van der Waals surface area contributed by atoms with Gasteiger partial charge in [0.2, 0.25) is 0 Å². The van der Waals surface area contributed by atoms with Crippen LogP contribution >= 0.6 is 0 Å². The van der Waals surface area contributed by atoms with E-state index in [1.807, 2.05) is 18.2 Å². The van der Waals surface area contributed by atoms with Crippen LogP contribution in [-0.2, 0) is 14.6 Å². The van der Waals surface area contributed by atoms with Gasteiger partial charge >= 0.3 is 0 Å². The minimum atomic E-state index is -0.675. The maximum Gasteiger partial charge on any atom is 0.124 e. The van der Waals surface area contributed by atoms with E-state index < -0.39 is 6.10 Å². The van der Waals surface area contributed by atoms with E-state index in [9.17, 15) is 5.11 Å². The maximum atomic E-state index is 11.3. The van der Waals surface area contributed by atoms with Crippen molar-refractivity contribution in [3.05, 3.63) is 30.3 Å². The van der Waals surface area contributed by atoms with Gasteiger partial charge in [0.15, 0.2) is 0 Å². The highest BCUT2D eigenvalue weighted by molar-refractivity contribution is 5.20. The maximum absolute atomic E-state index is 11.3. The summed E-state index contributed by atoms with van der Waals surface area (Å²) in [6.45, 7) is 1.75. The molecule has 0 aliphatic carbocycles. The van der Waals surface area contributed by atoms with Gasteiger partial charge in [0.05, 0.1) is 19.8 Å². The summed E-state index contributed by atoms with van der Waals surface area (Å²) in [7, 11) is 0. The molecule has 1 fully saturated rings. The quantitative estimate of drug-likeness (QED) is 0.805. The van der Waals surface area contributed by atoms with E-state index in [2.05, 4.69) is 6.07 Å². The van der Waals surface area contributed by atoms with Gasteiger partial charge in [-0.05, 0) is 18.2 Å². The fraction of sp³-hybridized carbons (Fsp3) is 0.571. The lowest BCUT2D eigenvalue weighted by Crippen LogP contribution is -2.28. The molecule has 1 aliphatic rings. The van der Waals surface area contributed by atoms with Crippen LogP contribution in [0.2, 0.25) is 0 Å². The van der Waals surface area contributed by atoms with Crippen molar-refractivity contribution in [3.8, 4) is 5.75 Å². The van der Waals surface area contributed by atoms with Crippen molar-refractivity contribution in [2.45, 2.75) is 25.0 Å². The summed E-state index contributed by atoms with van der Waals surface area (Å²) in [5.41, 5.74) is 0. The lowest BCUT2D eigenvalue weighted by atomic mass is 10.2. The molecule has 98 valence electrons. The van der Waals surface area contributed by atoms with Gasteiger partial charge in [-0.2, -0.15) is 0 Å². The number of hydrogen-bond donors (Lipinski definition) is 0. The third-order valence-corrected chi connectivity index (χ3v) is 2.76. The Labute approximate surface area is 107 Å². The molecule has 1 aromatic rings. The summed E-state index contributed by atoms with van der Waals surface area (Å²) in [6, 6.07) is 10.4. The highest BCUT2D eigenvalue weighted by atomic mass is 16.5. The second-order valence-corrected chi connectivity index (χ2v) is 4.33. The van der Waals surface area contributed by atoms with Crippen molar-refractivity contribution in [1.29, 1.82) is 0 Å². The molecule has 2 rings (SSSR count). The van der Waals surface area contributed by atoms with Gasteiger partial charge in [-0.25, -0.2) is 5.11 Å². The van der Waals surface area contributed by atoms with Crippen molar-refractivity contribution in [3.63, 3.8) is 0 Å². The van der Waals surface area contributed by atoms with Gasteiger partial charge in [0.1, 0.15) is 18.0 Å². The topological polar surface area (TPSA) is 47.6 Å². The molecule has 2 atom stereocenters. The molecule has 4 nitrogen and oxygen atoms in total. The Bertz CT molecular complexity index is 316. The molecule has 2 radical (unpaired) electrons. The lowest BCUT2D eigenvalue weighted by molar-refractivity contribution is -0.0514. The van der Waals surface area contributed by atoms with E-state index in [0.717, 1.165) is 12.2 Å². The van der Waals surface area contributed by atoms with Crippen LogP contribution in [0, 0.1) is 6.07 Å². The van der Waals surface area contributed by atoms with Gasteiger partial charge in [0, 0.05) is 19.4 Å². The molecule has 1 aliphatic heterocycles. The van der Waals surface area contributed by atoms with E-state index >= 15 is 0 Å². The Hall–Kier alpha value is -1.10. The van der Waals surface area contributed by atoms with Crippen molar-refractivity contribution < 1.29 is 19.3 Å². The molecule has 1 aromatic carbocycles. The van der Waals surface area contributed by atoms with Crippen LogP contribution in [0.15, 0.2) is 24.3 Å². The van der Waals surface area contributed by atoms with Crippen LogP contribution in [0.4, 0.5) is 0 Å². The summed E-state index contributed by atoms with van der Waals surface area (Å²) in [4.78, 5) is 0. The molecular formula is C14H18O4. The third kappa shape index (κ3) is 4.64. The van der Waals surface area contributed by atoms with E-state index in [0.29, 0.717) is 26.2 Å². The molecule has 1 heterocycles. The largest absolute Gasteiger partial charge is 0.488 e. The first-order valence-corrected chi connectivity index (χ1v) is 6.28. The Morgan fingerprint density at radius 1 is 1.22 bits per heavy atom. The first kappa shape index (κ1) is 13.3. The molecule has 18 heavy (non-hydrogen) atoms. The fourth-order valence-electron chi connectivity index (χ4n) is 1.76. The Morgan fingerprint density at radius 2 is 2.06 bits per heavy atom. The van der Waals surface area contributed by atoms with Gasteiger partial charge < -0.3 is 14.2 Å². The van der Waals surface area contributed by atoms with Crippen molar-refractivity contribution in [2.24, 2.45) is 0 Å². The van der Waals surface area contributed by atoms with Gasteiger partial charge in [0.25, 0.3) is 0 Å². The minimum Gasteiger partial charge on any atom is -0.488 e. The van der Waals surface area contributed by atoms with Crippen LogP contribution in [0.25, 0.3) is 0 Å². The van der Waals surface area contributed by atoms with E-state index in [-0.39, 0.29) is 12.7 Å². The second kappa shape index (κ2) is 7.36. The highest BCUT2D eigenvalue weighted by Gasteiger charge is 2.15. The van der Waals surface area contributed by atoms with Crippen LogP contribution in [0.5, 0.6) is 5.75 Å². The summed E-state index contributed by atoms with van der Waals surface area (Å²) in [5.74, 6) is 0.782. The highest BCUT2D eigenvalue weighted by Crippen LogP contribution is 2.13. The Kier molecular flexibility index (Phi) is 5.45. The summed E-state index contributed by atoms with van der Waals surface area (Å²) in [6.07, 6.45) is 0.503. The normalized spacial score (nSPS) is 26.5. The average Bonchev–Trinajstić information content (AvgIpc) is 2.40. The number of ether oxygens (including phenoxy) is 3. The molecule has 0 N–H and O–H groups in total. The first-order chi connectivity index (χ1) is 8.84. The molecule has 0 bridgehead atoms. The van der Waals surface area contributed by atoms with Gasteiger partial charge in [-0.1, -0.05) is 12.1 Å². The Morgan fingerprint density at radius 3 is 2.89 bits per heavy atom. The zero-order chi connectivity index (χ0) is 12.6. The molecule has 2 unspecified atom stereocenters. The molecule has 0 aromatic heterocycles. The summed E-state index contributed by atoms with van der Waals surface area (Å²) >= 11 is 0. The molecule has 1 saturated heterocycles. The average molecular weight is 250 g/mol. The molecule has 0 spiro atoms. The van der Waals surface area contributed by atoms with E-state index in [4.69, 9.17) is 14.2 Å². The van der Waals surface area contributed by atoms with Crippen LogP contribution < -0.4 is 4.74 Å². The van der Waals surface area contributed by atoms with Crippen molar-refractivity contribution in [1.82, 2.24) is 0 Å². The Balaban J connectivity index is 1.83. The van der Waals surface area contributed by atoms with E-state index in [1.165, 1.54) is 0 Å². The first-order valence-electron chi connectivity index (χ1n) is 6.28. The second-order valence-electron chi connectivity index (χ2n) is 4.33. The SMILES string of the molecule is [O]C1CCOCC(Oc2c[c]ccc2)CCOC1. The van der Waals surface area contributed by atoms with Gasteiger partial charge in [-0.3, -0.25) is 0 Å². The van der Waals surface area contributed by atoms with Crippen molar-refractivity contribution >= 4 is 0 Å². The monoisotopic (exact) mass is 250 g/mol. The van der Waals surface area contributed by atoms with Gasteiger partial charge in [-0.15, -0.1) is 0 Å². The minimum absolute atomic E-state index is 0.0380. The van der Waals surface area contributed by atoms with Crippen LogP contribution in [0.1, 0.15) is 12.8 Å². The standard InChI is InChI=1S/C14H18O4/c15-12-6-8-17-11-14(7-9-16-10-12)18-13-4-2-1-3-5-13/h1-2,4-5,12,14H,6-11H2. The summed E-state index contributed by atoms with van der Waals surface area (Å²) in [5, 5.41) is 11.3. The predicted molar refractivity (Wildman–Crippen MR) is 65.0 cm³/mol. The predicted octanol–water partition coefficient (Wildman–Crippen LogP) is 1.86. The van der Waals surface area contributed by atoms with Crippen LogP contribution in [-0.4, -0.2) is 38.6 Å².